The van der Waals surface area contributed by atoms with Gasteiger partial charge in [0.1, 0.15) is 6.29 Å². The Balaban J connectivity index is 2.02. The molecule has 0 spiro atoms. The Morgan fingerprint density at radius 1 is 1.38 bits per heavy atom. The Morgan fingerprint density at radius 2 is 2.23 bits per heavy atom. The van der Waals surface area contributed by atoms with Gasteiger partial charge in [-0.25, -0.2) is 0 Å². The van der Waals surface area contributed by atoms with Gasteiger partial charge in [-0.05, 0) is 43.7 Å². The molecule has 0 aromatic carbocycles. The van der Waals surface area contributed by atoms with Crippen molar-refractivity contribution in [3.63, 3.8) is 0 Å². The monoisotopic (exact) mass is 192 g/mol. The van der Waals surface area contributed by atoms with Crippen molar-refractivity contribution >= 4 is 17.6 Å². The minimum Gasteiger partial charge on any atom is -0.302 e. The van der Waals surface area contributed by atoms with Crippen LogP contribution >= 0.6 is 11.3 Å². The molecule has 13 heavy (non-hydrogen) atoms. The largest absolute Gasteiger partial charge is 0.302 e. The Hall–Kier alpha value is -0.630. The third kappa shape index (κ3) is 1.01. The normalized spacial score (nSPS) is 22.8. The summed E-state index contributed by atoms with van der Waals surface area (Å²) in [5.74, 6) is 0. The summed E-state index contributed by atoms with van der Waals surface area (Å²) >= 11 is 1.88. The Kier molecular flexibility index (Phi) is 1.46. The first-order valence-corrected chi connectivity index (χ1v) is 5.74. The number of hydrogen-bond acceptors (Lipinski definition) is 2. The van der Waals surface area contributed by atoms with E-state index in [9.17, 15) is 4.79 Å². The highest BCUT2D eigenvalue weighted by Gasteiger charge is 2.46. The van der Waals surface area contributed by atoms with Gasteiger partial charge in [0.25, 0.3) is 0 Å². The number of rotatable bonds is 2. The van der Waals surface area contributed by atoms with E-state index in [2.05, 4.69) is 6.07 Å². The van der Waals surface area contributed by atoms with Crippen molar-refractivity contribution < 1.29 is 4.79 Å². The quantitative estimate of drug-likeness (QED) is 0.658. The van der Waals surface area contributed by atoms with Gasteiger partial charge in [0.2, 0.25) is 0 Å². The molecule has 2 aliphatic carbocycles. The van der Waals surface area contributed by atoms with Gasteiger partial charge in [-0.3, -0.25) is 0 Å². The molecular weight excluding hydrogens is 180 g/mol. The maximum atomic E-state index is 10.9. The first-order valence-electron chi connectivity index (χ1n) is 4.92. The average Bonchev–Trinajstić information content (AvgIpc) is 2.63. The van der Waals surface area contributed by atoms with Gasteiger partial charge >= 0.3 is 0 Å². The van der Waals surface area contributed by atoms with Gasteiger partial charge in [0, 0.05) is 9.75 Å². The molecule has 0 radical (unpaired) electrons. The Morgan fingerprint density at radius 3 is 2.85 bits per heavy atom. The highest BCUT2D eigenvalue weighted by atomic mass is 32.1. The number of fused-ring (bicyclic) bond motifs is 1. The molecule has 0 atom stereocenters. The molecule has 3 rings (SSSR count). The van der Waals surface area contributed by atoms with E-state index >= 15 is 0 Å². The minimum absolute atomic E-state index is 0.0327. The van der Waals surface area contributed by atoms with E-state index in [4.69, 9.17) is 0 Å². The standard InChI is InChI=1S/C11H12OS/c12-7-11(4-5-11)10-6-8-2-1-3-9(8)13-10/h6-7H,1-5H2. The van der Waals surface area contributed by atoms with Crippen molar-refractivity contribution in [1.82, 2.24) is 0 Å². The lowest BCUT2D eigenvalue weighted by Crippen LogP contribution is -2.04. The van der Waals surface area contributed by atoms with Gasteiger partial charge in [-0.15, -0.1) is 11.3 Å². The predicted molar refractivity (Wildman–Crippen MR) is 53.3 cm³/mol. The summed E-state index contributed by atoms with van der Waals surface area (Å²) < 4.78 is 0. The van der Waals surface area contributed by atoms with Crippen LogP contribution in [0.4, 0.5) is 0 Å². The topological polar surface area (TPSA) is 17.1 Å². The minimum atomic E-state index is -0.0327. The highest BCUT2D eigenvalue weighted by Crippen LogP contribution is 2.50. The van der Waals surface area contributed by atoms with Crippen molar-refractivity contribution in [2.45, 2.75) is 37.5 Å². The predicted octanol–water partition coefficient (Wildman–Crippen LogP) is 2.47. The summed E-state index contributed by atoms with van der Waals surface area (Å²) in [4.78, 5) is 13.8. The molecule has 1 nitrogen and oxygen atoms in total. The zero-order chi connectivity index (χ0) is 8.89. The van der Waals surface area contributed by atoms with Crippen molar-refractivity contribution in [2.75, 3.05) is 0 Å². The van der Waals surface area contributed by atoms with E-state index in [0.717, 1.165) is 19.1 Å². The molecule has 2 heteroatoms. The Bertz CT molecular complexity index is 339. The fraction of sp³-hybridized carbons (Fsp3) is 0.545. The summed E-state index contributed by atoms with van der Waals surface area (Å²) in [7, 11) is 0. The van der Waals surface area contributed by atoms with Gasteiger partial charge in [-0.2, -0.15) is 0 Å². The van der Waals surface area contributed by atoms with Crippen LogP contribution in [0, 0.1) is 0 Å². The summed E-state index contributed by atoms with van der Waals surface area (Å²) in [6, 6.07) is 2.29. The number of aldehydes is 1. The van der Waals surface area contributed by atoms with Crippen LogP contribution in [0.5, 0.6) is 0 Å². The van der Waals surface area contributed by atoms with Gasteiger partial charge in [0.15, 0.2) is 0 Å². The van der Waals surface area contributed by atoms with Crippen molar-refractivity contribution in [2.24, 2.45) is 0 Å². The number of carbonyl (C=O) groups is 1. The van der Waals surface area contributed by atoms with Crippen LogP contribution in [0.1, 0.15) is 34.6 Å². The average molecular weight is 192 g/mol. The van der Waals surface area contributed by atoms with Crippen molar-refractivity contribution in [3.8, 4) is 0 Å². The molecule has 1 fully saturated rings. The fourth-order valence-electron chi connectivity index (χ4n) is 2.13. The molecule has 2 aliphatic rings. The maximum absolute atomic E-state index is 10.9. The lowest BCUT2D eigenvalue weighted by molar-refractivity contribution is -0.109. The fourth-order valence-corrected chi connectivity index (χ4v) is 3.59. The van der Waals surface area contributed by atoms with E-state index < -0.39 is 0 Å². The van der Waals surface area contributed by atoms with Gasteiger partial charge < -0.3 is 4.79 Å². The third-order valence-corrected chi connectivity index (χ3v) is 4.71. The van der Waals surface area contributed by atoms with E-state index in [1.165, 1.54) is 29.7 Å². The van der Waals surface area contributed by atoms with Gasteiger partial charge in [0.05, 0.1) is 5.41 Å². The molecule has 1 aromatic heterocycles. The molecule has 1 aromatic rings. The lowest BCUT2D eigenvalue weighted by Gasteiger charge is -2.01. The first kappa shape index (κ1) is 7.74. The summed E-state index contributed by atoms with van der Waals surface area (Å²) in [5, 5.41) is 0. The molecule has 1 heterocycles. The zero-order valence-electron chi connectivity index (χ0n) is 7.51. The molecule has 0 aliphatic heterocycles. The van der Waals surface area contributed by atoms with Crippen LogP contribution in [0.3, 0.4) is 0 Å². The molecule has 0 saturated heterocycles. The molecule has 68 valence electrons. The Labute approximate surface area is 81.8 Å². The second kappa shape index (κ2) is 2.44. The summed E-state index contributed by atoms with van der Waals surface area (Å²) in [5.41, 5.74) is 1.49. The van der Waals surface area contributed by atoms with Crippen molar-refractivity contribution in [1.29, 1.82) is 0 Å². The van der Waals surface area contributed by atoms with Gasteiger partial charge in [-0.1, -0.05) is 0 Å². The molecule has 0 unspecified atom stereocenters. The number of thiophene rings is 1. The molecule has 1 saturated carbocycles. The van der Waals surface area contributed by atoms with Crippen molar-refractivity contribution in [3.05, 3.63) is 21.4 Å². The maximum Gasteiger partial charge on any atom is 0.131 e. The van der Waals surface area contributed by atoms with E-state index in [1.807, 2.05) is 11.3 Å². The number of aryl methyl sites for hydroxylation is 2. The van der Waals surface area contributed by atoms with Crippen LogP contribution in [-0.4, -0.2) is 6.29 Å². The smallest absolute Gasteiger partial charge is 0.131 e. The molecule has 0 amide bonds. The van der Waals surface area contributed by atoms with Crippen LogP contribution < -0.4 is 0 Å². The molecular formula is C11H12OS. The van der Waals surface area contributed by atoms with E-state index in [0.29, 0.717) is 0 Å². The number of carbonyl (C=O) groups excluding carboxylic acids is 1. The SMILES string of the molecule is O=CC1(c2cc3c(s2)CCC3)CC1. The molecule has 0 bridgehead atoms. The highest BCUT2D eigenvalue weighted by molar-refractivity contribution is 7.12. The molecule has 0 N–H and O–H groups in total. The lowest BCUT2D eigenvalue weighted by atomic mass is 10.1. The second-order valence-corrected chi connectivity index (χ2v) is 5.32. The second-order valence-electron chi connectivity index (χ2n) is 4.19. The van der Waals surface area contributed by atoms with Crippen LogP contribution in [0.2, 0.25) is 0 Å². The van der Waals surface area contributed by atoms with Crippen LogP contribution in [0.25, 0.3) is 0 Å². The third-order valence-electron chi connectivity index (χ3n) is 3.25. The van der Waals surface area contributed by atoms with Crippen LogP contribution in [-0.2, 0) is 23.1 Å². The summed E-state index contributed by atoms with van der Waals surface area (Å²) in [6.45, 7) is 0. The first-order chi connectivity index (χ1) is 6.34. The van der Waals surface area contributed by atoms with E-state index in [-0.39, 0.29) is 5.41 Å². The van der Waals surface area contributed by atoms with Crippen LogP contribution in [0.15, 0.2) is 6.07 Å². The summed E-state index contributed by atoms with van der Waals surface area (Å²) in [6.07, 6.45) is 7.12. The number of hydrogen-bond donors (Lipinski definition) is 0. The van der Waals surface area contributed by atoms with E-state index in [1.54, 1.807) is 4.88 Å². The zero-order valence-corrected chi connectivity index (χ0v) is 8.32.